The lowest BCUT2D eigenvalue weighted by atomic mass is 9.98. The van der Waals surface area contributed by atoms with Gasteiger partial charge in [0.25, 0.3) is 0 Å². The van der Waals surface area contributed by atoms with Crippen LogP contribution in [0, 0.1) is 5.92 Å². The number of benzene rings is 2. The molecule has 3 aliphatic rings. The highest BCUT2D eigenvalue weighted by molar-refractivity contribution is 5.87. The first-order valence-corrected chi connectivity index (χ1v) is 18.3. The van der Waals surface area contributed by atoms with Gasteiger partial charge in [-0.3, -0.25) is 9.59 Å². The fraction of sp³-hybridized carbons (Fsp3) is 0.436. The molecule has 4 aromatic rings. The highest BCUT2D eigenvalue weighted by Crippen LogP contribution is 2.41. The Hall–Kier alpha value is -5.66. The number of carbonyl (C=O) groups excluding carboxylic acids is 4. The topological polar surface area (TPSA) is 175 Å². The van der Waals surface area contributed by atoms with Crippen LogP contribution in [0.1, 0.15) is 76.1 Å². The van der Waals surface area contributed by atoms with Crippen molar-refractivity contribution in [2.75, 3.05) is 20.8 Å². The van der Waals surface area contributed by atoms with Crippen LogP contribution in [0.15, 0.2) is 60.9 Å². The number of alkyl carbamates (subject to hydrolysis) is 2. The number of rotatable bonds is 9. The molecule has 3 aliphatic heterocycles. The van der Waals surface area contributed by atoms with E-state index in [0.717, 1.165) is 77.4 Å². The number of H-pyrrole nitrogens is 2. The van der Waals surface area contributed by atoms with Crippen molar-refractivity contribution in [2.45, 2.75) is 82.6 Å². The molecule has 4 amide bonds. The summed E-state index contributed by atoms with van der Waals surface area (Å²) >= 11 is 0. The summed E-state index contributed by atoms with van der Waals surface area (Å²) in [4.78, 5) is 70.5. The lowest BCUT2D eigenvalue weighted by molar-refractivity contribution is -0.139. The Morgan fingerprint density at radius 2 is 1.30 bits per heavy atom. The Kier molecular flexibility index (Phi) is 10.2. The highest BCUT2D eigenvalue weighted by Gasteiger charge is 2.45. The van der Waals surface area contributed by atoms with Gasteiger partial charge in [-0.15, -0.1) is 0 Å². The van der Waals surface area contributed by atoms with Gasteiger partial charge in [-0.2, -0.15) is 0 Å². The van der Waals surface area contributed by atoms with Gasteiger partial charge in [0, 0.05) is 12.6 Å². The molecule has 53 heavy (non-hydrogen) atoms. The summed E-state index contributed by atoms with van der Waals surface area (Å²) in [6.07, 6.45) is 7.18. The molecule has 2 aromatic carbocycles. The molecule has 0 spiro atoms. The van der Waals surface area contributed by atoms with Gasteiger partial charge in [-0.25, -0.2) is 19.6 Å². The molecule has 278 valence electrons. The molecule has 0 bridgehead atoms. The minimum absolute atomic E-state index is 0.0889. The fourth-order valence-corrected chi connectivity index (χ4v) is 7.95. The van der Waals surface area contributed by atoms with Crippen LogP contribution in [0.25, 0.3) is 33.6 Å². The number of nitrogens with one attached hydrogen (secondary N) is 4. The molecule has 14 heteroatoms. The van der Waals surface area contributed by atoms with Crippen molar-refractivity contribution in [1.82, 2.24) is 40.4 Å². The van der Waals surface area contributed by atoms with Crippen molar-refractivity contribution in [3.63, 3.8) is 0 Å². The zero-order chi connectivity index (χ0) is 37.2. The molecule has 3 saturated heterocycles. The average molecular weight is 723 g/mol. The lowest BCUT2D eigenvalue weighted by Gasteiger charge is -2.37. The Bertz CT molecular complexity index is 1950. The number of nitrogens with zero attached hydrogens (tertiary/aromatic N) is 4. The van der Waals surface area contributed by atoms with Gasteiger partial charge in [0.05, 0.1) is 50.1 Å². The van der Waals surface area contributed by atoms with Crippen molar-refractivity contribution in [1.29, 1.82) is 0 Å². The number of hydrogen-bond acceptors (Lipinski definition) is 8. The summed E-state index contributed by atoms with van der Waals surface area (Å²) in [6.45, 7) is 4.40. The Labute approximate surface area is 308 Å². The second-order valence-electron chi connectivity index (χ2n) is 14.3. The van der Waals surface area contributed by atoms with E-state index in [9.17, 15) is 19.2 Å². The maximum absolute atomic E-state index is 13.5. The molecule has 0 saturated carbocycles. The minimum Gasteiger partial charge on any atom is -0.453 e. The van der Waals surface area contributed by atoms with E-state index in [2.05, 4.69) is 79.1 Å². The van der Waals surface area contributed by atoms with Crippen LogP contribution in [-0.2, 0) is 19.1 Å². The van der Waals surface area contributed by atoms with Crippen molar-refractivity contribution in [3.8, 4) is 33.6 Å². The number of ether oxygens (including phenoxy) is 2. The van der Waals surface area contributed by atoms with Gasteiger partial charge in [0.2, 0.25) is 11.8 Å². The molecule has 4 N–H and O–H groups in total. The van der Waals surface area contributed by atoms with Crippen LogP contribution in [0.4, 0.5) is 9.59 Å². The second kappa shape index (κ2) is 15.1. The van der Waals surface area contributed by atoms with E-state index in [0.29, 0.717) is 13.0 Å². The SMILES string of the molecule is COC(=O)NC1CC[C@@H]2CC[C@@H](c3ncc(-c4ccc(-c5ccc(-c6cnc([C@@H]7CCCN7C(=O)[C@@H](NC(=O)OC)C(C)C)[nH]6)cc5)cc4)[nH]3)N2C1=O. The average Bonchev–Trinajstić information content (AvgIpc) is 4.01. The van der Waals surface area contributed by atoms with E-state index in [-0.39, 0.29) is 35.9 Å². The summed E-state index contributed by atoms with van der Waals surface area (Å²) in [7, 11) is 2.59. The first-order chi connectivity index (χ1) is 25.6. The number of likely N-dealkylation sites (tertiary alicyclic amines) is 1. The van der Waals surface area contributed by atoms with Crippen LogP contribution in [0.3, 0.4) is 0 Å². The smallest absolute Gasteiger partial charge is 0.407 e. The standard InChI is InChI=1S/C39H46N8O6/c1-22(2)33(45-39(51)53-4)37(49)46-19-5-6-31(46)34-40-20-29(42-34)25-11-7-23(8-12-25)24-9-13-26(14-10-24)30-21-41-35(43-30)32-18-16-27-15-17-28(36(48)47(27)32)44-38(50)52-3/h7-14,20-22,27-28,31-33H,5-6,15-19H2,1-4H3,(H,40,42)(H,41,43)(H,44,50)(H,45,51)/t27-,28?,31+,32+,33+/m1/s1. The molecular formula is C39H46N8O6. The number of methoxy groups -OCH3 is 2. The third-order valence-electron chi connectivity index (χ3n) is 10.8. The summed E-state index contributed by atoms with van der Waals surface area (Å²) in [5, 5.41) is 5.37. The van der Waals surface area contributed by atoms with E-state index < -0.39 is 24.3 Å². The number of aromatic amines is 2. The van der Waals surface area contributed by atoms with Gasteiger partial charge >= 0.3 is 12.2 Å². The zero-order valence-electron chi connectivity index (χ0n) is 30.4. The molecule has 0 radical (unpaired) electrons. The molecule has 3 fully saturated rings. The van der Waals surface area contributed by atoms with Gasteiger partial charge in [0.15, 0.2) is 0 Å². The normalized spacial score (nSPS) is 21.7. The molecule has 5 atom stereocenters. The van der Waals surface area contributed by atoms with Gasteiger partial charge < -0.3 is 39.9 Å². The van der Waals surface area contributed by atoms with E-state index in [1.807, 2.05) is 24.9 Å². The lowest BCUT2D eigenvalue weighted by Crippen LogP contribution is -2.54. The maximum atomic E-state index is 13.5. The van der Waals surface area contributed by atoms with E-state index in [1.54, 1.807) is 11.1 Å². The van der Waals surface area contributed by atoms with Crippen molar-refractivity contribution >= 4 is 24.0 Å². The predicted molar refractivity (Wildman–Crippen MR) is 196 cm³/mol. The summed E-state index contributed by atoms with van der Waals surface area (Å²) < 4.78 is 9.47. The fourth-order valence-electron chi connectivity index (χ4n) is 7.95. The first-order valence-electron chi connectivity index (χ1n) is 18.3. The third kappa shape index (κ3) is 7.22. The number of fused-ring (bicyclic) bond motifs is 1. The Morgan fingerprint density at radius 3 is 1.87 bits per heavy atom. The first kappa shape index (κ1) is 35.7. The number of carbonyl (C=O) groups is 4. The van der Waals surface area contributed by atoms with Gasteiger partial charge in [-0.1, -0.05) is 62.4 Å². The van der Waals surface area contributed by atoms with Crippen molar-refractivity contribution in [2.24, 2.45) is 5.92 Å². The van der Waals surface area contributed by atoms with Crippen LogP contribution in [-0.4, -0.2) is 92.6 Å². The van der Waals surface area contributed by atoms with Gasteiger partial charge in [-0.05, 0) is 66.7 Å². The minimum atomic E-state index is -0.685. The number of amides is 4. The predicted octanol–water partition coefficient (Wildman–Crippen LogP) is 5.73. The molecule has 0 aliphatic carbocycles. The van der Waals surface area contributed by atoms with Crippen LogP contribution >= 0.6 is 0 Å². The maximum Gasteiger partial charge on any atom is 0.407 e. The summed E-state index contributed by atoms with van der Waals surface area (Å²) in [5.74, 6) is 1.14. The zero-order valence-corrected chi connectivity index (χ0v) is 30.4. The molecule has 5 heterocycles. The van der Waals surface area contributed by atoms with Crippen molar-refractivity contribution in [3.05, 3.63) is 72.6 Å². The third-order valence-corrected chi connectivity index (χ3v) is 10.8. The quantitative estimate of drug-likeness (QED) is 0.170. The van der Waals surface area contributed by atoms with E-state index in [1.165, 1.54) is 14.2 Å². The number of piperidine rings is 1. The van der Waals surface area contributed by atoms with Crippen molar-refractivity contribution < 1.29 is 28.7 Å². The molecule has 7 rings (SSSR count). The second-order valence-corrected chi connectivity index (χ2v) is 14.3. The summed E-state index contributed by atoms with van der Waals surface area (Å²) in [5.41, 5.74) is 5.82. The molecule has 14 nitrogen and oxygen atoms in total. The number of imidazole rings is 2. The molecule has 2 aromatic heterocycles. The number of hydrogen-bond donors (Lipinski definition) is 4. The van der Waals surface area contributed by atoms with Gasteiger partial charge in [0.1, 0.15) is 23.7 Å². The van der Waals surface area contributed by atoms with Crippen LogP contribution in [0.5, 0.6) is 0 Å². The summed E-state index contributed by atoms with van der Waals surface area (Å²) in [6, 6.07) is 15.0. The van der Waals surface area contributed by atoms with Crippen LogP contribution in [0.2, 0.25) is 0 Å². The van der Waals surface area contributed by atoms with E-state index >= 15 is 0 Å². The van der Waals surface area contributed by atoms with E-state index in [4.69, 9.17) is 9.47 Å². The largest absolute Gasteiger partial charge is 0.453 e. The van der Waals surface area contributed by atoms with Crippen LogP contribution < -0.4 is 10.6 Å². The number of aromatic nitrogens is 4. The molecule has 1 unspecified atom stereocenters. The Morgan fingerprint density at radius 1 is 0.755 bits per heavy atom. The highest BCUT2D eigenvalue weighted by atomic mass is 16.5. The molecular weight excluding hydrogens is 676 g/mol. The Balaban J connectivity index is 1.00. The monoisotopic (exact) mass is 722 g/mol.